The van der Waals surface area contributed by atoms with E-state index in [4.69, 9.17) is 0 Å². The van der Waals surface area contributed by atoms with Gasteiger partial charge in [0, 0.05) is 10.2 Å². The van der Waals surface area contributed by atoms with Crippen LogP contribution in [0.2, 0.25) is 0 Å². The molecule has 70 valence electrons. The molecule has 0 atom stereocenters. The summed E-state index contributed by atoms with van der Waals surface area (Å²) in [6, 6.07) is 7.54. The molecule has 0 amide bonds. The summed E-state index contributed by atoms with van der Waals surface area (Å²) < 4.78 is 2.61. The fraction of sp³-hybridized carbons (Fsp3) is 0. The van der Waals surface area contributed by atoms with E-state index in [2.05, 4.69) is 26.1 Å². The van der Waals surface area contributed by atoms with Crippen molar-refractivity contribution in [2.45, 2.75) is 0 Å². The first-order valence-corrected chi connectivity index (χ1v) is 4.71. The Morgan fingerprint density at radius 3 is 2.64 bits per heavy atom. The smallest absolute Gasteiger partial charge is 0.201 e. The predicted molar refractivity (Wildman–Crippen MR) is 54.4 cm³/mol. The molecule has 5 heteroatoms. The second-order valence-electron chi connectivity index (χ2n) is 2.65. The van der Waals surface area contributed by atoms with Crippen LogP contribution in [0.25, 0.3) is 5.69 Å². The standard InChI is InChI=1S/C9H6BrN3O/c10-7-1-3-8(4-2-7)13-6-11-12-9(13)5-14/h1-6H. The van der Waals surface area contributed by atoms with Gasteiger partial charge < -0.3 is 0 Å². The Morgan fingerprint density at radius 1 is 1.29 bits per heavy atom. The molecule has 0 aliphatic rings. The number of halogens is 1. The third-order valence-corrected chi connectivity index (χ3v) is 2.31. The second kappa shape index (κ2) is 3.71. The van der Waals surface area contributed by atoms with E-state index >= 15 is 0 Å². The molecule has 0 aliphatic heterocycles. The minimum Gasteiger partial charge on any atom is -0.294 e. The number of carbonyl (C=O) groups is 1. The summed E-state index contributed by atoms with van der Waals surface area (Å²) in [6.45, 7) is 0. The molecule has 4 nitrogen and oxygen atoms in total. The number of aldehydes is 1. The molecule has 0 N–H and O–H groups in total. The van der Waals surface area contributed by atoms with Gasteiger partial charge in [0.25, 0.3) is 0 Å². The first-order valence-electron chi connectivity index (χ1n) is 3.92. The molecular formula is C9H6BrN3O. The normalized spacial score (nSPS) is 10.1. The lowest BCUT2D eigenvalue weighted by atomic mass is 10.3. The summed E-state index contributed by atoms with van der Waals surface area (Å²) in [5, 5.41) is 7.33. The van der Waals surface area contributed by atoms with Crippen LogP contribution in [-0.2, 0) is 0 Å². The summed E-state index contributed by atoms with van der Waals surface area (Å²) >= 11 is 3.33. The van der Waals surface area contributed by atoms with Crippen molar-refractivity contribution in [2.24, 2.45) is 0 Å². The zero-order chi connectivity index (χ0) is 9.97. The maximum atomic E-state index is 10.6. The Labute approximate surface area is 88.7 Å². The van der Waals surface area contributed by atoms with Crippen LogP contribution in [0.4, 0.5) is 0 Å². The summed E-state index contributed by atoms with van der Waals surface area (Å²) in [7, 11) is 0. The predicted octanol–water partition coefficient (Wildman–Crippen LogP) is 1.84. The SMILES string of the molecule is O=Cc1nncn1-c1ccc(Br)cc1. The molecule has 2 aromatic rings. The van der Waals surface area contributed by atoms with Crippen LogP contribution in [0.15, 0.2) is 35.1 Å². The molecule has 0 radical (unpaired) electrons. The number of rotatable bonds is 2. The Morgan fingerprint density at radius 2 is 2.00 bits per heavy atom. The zero-order valence-corrected chi connectivity index (χ0v) is 8.68. The Kier molecular flexibility index (Phi) is 2.41. The van der Waals surface area contributed by atoms with Gasteiger partial charge in [-0.25, -0.2) is 0 Å². The van der Waals surface area contributed by atoms with Gasteiger partial charge in [0.2, 0.25) is 5.82 Å². The highest BCUT2D eigenvalue weighted by Crippen LogP contribution is 2.14. The fourth-order valence-electron chi connectivity index (χ4n) is 1.12. The van der Waals surface area contributed by atoms with Crippen molar-refractivity contribution < 1.29 is 4.79 Å². The van der Waals surface area contributed by atoms with Gasteiger partial charge in [-0.05, 0) is 24.3 Å². The molecule has 0 bridgehead atoms. The molecule has 0 spiro atoms. The molecule has 0 saturated carbocycles. The first kappa shape index (κ1) is 9.08. The molecule has 0 fully saturated rings. The zero-order valence-electron chi connectivity index (χ0n) is 7.09. The highest BCUT2D eigenvalue weighted by atomic mass is 79.9. The Hall–Kier alpha value is -1.49. The quantitative estimate of drug-likeness (QED) is 0.766. The average molecular weight is 252 g/mol. The van der Waals surface area contributed by atoms with Crippen LogP contribution < -0.4 is 0 Å². The van der Waals surface area contributed by atoms with E-state index in [9.17, 15) is 4.79 Å². The Balaban J connectivity index is 2.49. The van der Waals surface area contributed by atoms with Gasteiger partial charge in [0.05, 0.1) is 0 Å². The molecule has 0 aliphatic carbocycles. The maximum absolute atomic E-state index is 10.6. The van der Waals surface area contributed by atoms with Crippen molar-refractivity contribution in [3.05, 3.63) is 40.9 Å². The van der Waals surface area contributed by atoms with Crippen molar-refractivity contribution in [3.8, 4) is 5.69 Å². The number of hydrogen-bond acceptors (Lipinski definition) is 3. The van der Waals surface area contributed by atoms with Crippen LogP contribution in [0, 0.1) is 0 Å². The summed E-state index contributed by atoms with van der Waals surface area (Å²) in [5.41, 5.74) is 0.861. The maximum Gasteiger partial charge on any atom is 0.201 e. The molecule has 14 heavy (non-hydrogen) atoms. The Bertz CT molecular complexity index is 449. The number of aromatic nitrogens is 3. The van der Waals surface area contributed by atoms with Gasteiger partial charge in [-0.3, -0.25) is 9.36 Å². The van der Waals surface area contributed by atoms with Crippen molar-refractivity contribution in [3.63, 3.8) is 0 Å². The van der Waals surface area contributed by atoms with Crippen LogP contribution >= 0.6 is 15.9 Å². The first-order chi connectivity index (χ1) is 6.81. The van der Waals surface area contributed by atoms with E-state index in [1.807, 2.05) is 24.3 Å². The van der Waals surface area contributed by atoms with Gasteiger partial charge >= 0.3 is 0 Å². The van der Waals surface area contributed by atoms with Crippen LogP contribution in [-0.4, -0.2) is 21.1 Å². The largest absolute Gasteiger partial charge is 0.294 e. The summed E-state index contributed by atoms with van der Waals surface area (Å²) in [5.74, 6) is 0.298. The monoisotopic (exact) mass is 251 g/mol. The highest BCUT2D eigenvalue weighted by Gasteiger charge is 2.03. The molecule has 1 aromatic heterocycles. The minimum absolute atomic E-state index is 0.298. The van der Waals surface area contributed by atoms with Crippen LogP contribution in [0.1, 0.15) is 10.6 Å². The third kappa shape index (κ3) is 1.58. The average Bonchev–Trinajstić information content (AvgIpc) is 2.67. The topological polar surface area (TPSA) is 47.8 Å². The third-order valence-electron chi connectivity index (χ3n) is 1.78. The van der Waals surface area contributed by atoms with E-state index in [0.717, 1.165) is 10.2 Å². The number of benzene rings is 1. The lowest BCUT2D eigenvalue weighted by Gasteiger charge is -2.01. The van der Waals surface area contributed by atoms with Crippen LogP contribution in [0.3, 0.4) is 0 Å². The van der Waals surface area contributed by atoms with Crippen molar-refractivity contribution in [1.29, 1.82) is 0 Å². The van der Waals surface area contributed by atoms with Crippen molar-refractivity contribution in [1.82, 2.24) is 14.8 Å². The second-order valence-corrected chi connectivity index (χ2v) is 3.57. The molecule has 0 unspecified atom stereocenters. The lowest BCUT2D eigenvalue weighted by Crippen LogP contribution is -1.98. The molecule has 1 heterocycles. The fourth-order valence-corrected chi connectivity index (χ4v) is 1.39. The van der Waals surface area contributed by atoms with E-state index in [0.29, 0.717) is 12.1 Å². The number of nitrogens with zero attached hydrogens (tertiary/aromatic N) is 3. The van der Waals surface area contributed by atoms with Crippen molar-refractivity contribution >= 4 is 22.2 Å². The van der Waals surface area contributed by atoms with Gasteiger partial charge in [-0.15, -0.1) is 10.2 Å². The van der Waals surface area contributed by atoms with E-state index in [-0.39, 0.29) is 0 Å². The highest BCUT2D eigenvalue weighted by molar-refractivity contribution is 9.10. The molecule has 1 aromatic carbocycles. The van der Waals surface area contributed by atoms with Crippen LogP contribution in [0.5, 0.6) is 0 Å². The molecular weight excluding hydrogens is 246 g/mol. The van der Waals surface area contributed by atoms with E-state index in [1.165, 1.54) is 6.33 Å². The number of hydrogen-bond donors (Lipinski definition) is 0. The summed E-state index contributed by atoms with van der Waals surface area (Å²) in [6.07, 6.45) is 2.18. The minimum atomic E-state index is 0.298. The van der Waals surface area contributed by atoms with E-state index in [1.54, 1.807) is 4.57 Å². The molecule has 2 rings (SSSR count). The number of carbonyl (C=O) groups excluding carboxylic acids is 1. The lowest BCUT2D eigenvalue weighted by molar-refractivity contribution is 0.111. The molecule has 0 saturated heterocycles. The van der Waals surface area contributed by atoms with Crippen molar-refractivity contribution in [2.75, 3.05) is 0 Å². The van der Waals surface area contributed by atoms with Gasteiger partial charge in [-0.2, -0.15) is 0 Å². The van der Waals surface area contributed by atoms with Gasteiger partial charge in [0.1, 0.15) is 6.33 Å². The van der Waals surface area contributed by atoms with Gasteiger partial charge in [-0.1, -0.05) is 15.9 Å². The van der Waals surface area contributed by atoms with Gasteiger partial charge in [0.15, 0.2) is 6.29 Å². The van der Waals surface area contributed by atoms with E-state index < -0.39 is 0 Å². The summed E-state index contributed by atoms with van der Waals surface area (Å²) in [4.78, 5) is 10.6.